The van der Waals surface area contributed by atoms with Crippen LogP contribution < -0.4 is 10.5 Å². The monoisotopic (exact) mass is 257 g/mol. The molecule has 0 bridgehead atoms. The van der Waals surface area contributed by atoms with E-state index < -0.39 is 0 Å². The Labute approximate surface area is 68.3 Å². The lowest BCUT2D eigenvalue weighted by Gasteiger charge is -1.89. The van der Waals surface area contributed by atoms with E-state index >= 15 is 0 Å². The maximum absolute atomic E-state index is 5.18. The van der Waals surface area contributed by atoms with E-state index in [9.17, 15) is 0 Å². The minimum atomic E-state index is 0.183. The topological polar surface area (TPSA) is 64.1 Å². The first-order valence-electron chi connectivity index (χ1n) is 2.08. The standard InChI is InChI=1S/C3H4IN3OS/c4-9-7-2-1-6-3(5)8-2/h1,7H,(H2,5,6). The molecule has 9 heavy (non-hydrogen) atoms. The number of oxazole rings is 1. The van der Waals surface area contributed by atoms with E-state index in [0.717, 1.165) is 0 Å². The van der Waals surface area contributed by atoms with Gasteiger partial charge >= 0.3 is 0 Å². The highest BCUT2D eigenvalue weighted by Crippen LogP contribution is 2.18. The molecule has 0 aliphatic rings. The second kappa shape index (κ2) is 3.16. The van der Waals surface area contributed by atoms with Gasteiger partial charge in [0, 0.05) is 30.3 Å². The average molecular weight is 257 g/mol. The van der Waals surface area contributed by atoms with Gasteiger partial charge < -0.3 is 10.2 Å². The molecule has 4 nitrogen and oxygen atoms in total. The highest BCUT2D eigenvalue weighted by atomic mass is 127. The molecule has 0 saturated carbocycles. The zero-order valence-corrected chi connectivity index (χ0v) is 7.27. The van der Waals surface area contributed by atoms with Crippen LogP contribution in [0.25, 0.3) is 0 Å². The molecule has 0 spiro atoms. The summed E-state index contributed by atoms with van der Waals surface area (Å²) in [6, 6.07) is 0.183. The summed E-state index contributed by atoms with van der Waals surface area (Å²) in [5.74, 6) is 0.576. The van der Waals surface area contributed by atoms with Crippen LogP contribution in [0, 0.1) is 0 Å². The van der Waals surface area contributed by atoms with Gasteiger partial charge in [-0.05, 0) is 0 Å². The molecule has 0 fully saturated rings. The molecule has 1 aromatic rings. The van der Waals surface area contributed by atoms with E-state index in [2.05, 4.69) is 30.9 Å². The Hall–Kier alpha value is -0.110. The van der Waals surface area contributed by atoms with Crippen LogP contribution in [0.15, 0.2) is 10.6 Å². The van der Waals surface area contributed by atoms with Gasteiger partial charge in [0.05, 0.1) is 6.20 Å². The molecule has 3 N–H and O–H groups in total. The van der Waals surface area contributed by atoms with Gasteiger partial charge in [0.2, 0.25) is 5.88 Å². The zero-order chi connectivity index (χ0) is 6.69. The Bertz CT molecular complexity index is 191. The SMILES string of the molecule is Nc1ncc(NSI)o1. The van der Waals surface area contributed by atoms with Gasteiger partial charge in [-0.2, -0.15) is 4.98 Å². The van der Waals surface area contributed by atoms with Crippen molar-refractivity contribution in [2.24, 2.45) is 0 Å². The Kier molecular flexibility index (Phi) is 2.46. The number of nitrogens with two attached hydrogens (primary N) is 1. The smallest absolute Gasteiger partial charge is 0.293 e. The second-order valence-electron chi connectivity index (χ2n) is 1.24. The van der Waals surface area contributed by atoms with Crippen molar-refractivity contribution in [3.63, 3.8) is 0 Å². The molecule has 0 aliphatic heterocycles. The van der Waals surface area contributed by atoms with E-state index in [4.69, 9.17) is 10.2 Å². The zero-order valence-electron chi connectivity index (χ0n) is 4.30. The summed E-state index contributed by atoms with van der Waals surface area (Å²) >= 11 is 2.08. The number of nitrogen functional groups attached to an aromatic ring is 1. The second-order valence-corrected chi connectivity index (χ2v) is 2.92. The molecule has 0 saturated heterocycles. The highest BCUT2D eigenvalue weighted by Gasteiger charge is 1.95. The number of halogens is 1. The van der Waals surface area contributed by atoms with E-state index in [-0.39, 0.29) is 6.01 Å². The molecule has 0 unspecified atom stereocenters. The lowest BCUT2D eigenvalue weighted by Crippen LogP contribution is -1.80. The first-order valence-corrected chi connectivity index (χ1v) is 5.44. The van der Waals surface area contributed by atoms with Gasteiger partial charge in [-0.3, -0.25) is 4.72 Å². The van der Waals surface area contributed by atoms with Gasteiger partial charge in [0.25, 0.3) is 6.01 Å². The maximum Gasteiger partial charge on any atom is 0.293 e. The number of aromatic nitrogens is 1. The summed E-state index contributed by atoms with van der Waals surface area (Å²) in [6.45, 7) is 0. The fourth-order valence-corrected chi connectivity index (χ4v) is 1.19. The minimum absolute atomic E-state index is 0.183. The molecule has 0 atom stereocenters. The summed E-state index contributed by atoms with van der Waals surface area (Å²) in [6.07, 6.45) is 1.53. The summed E-state index contributed by atoms with van der Waals surface area (Å²) in [7, 11) is 1.40. The van der Waals surface area contributed by atoms with Gasteiger partial charge in [-0.1, -0.05) is 0 Å². The van der Waals surface area contributed by atoms with Gasteiger partial charge in [0.15, 0.2) is 0 Å². The summed E-state index contributed by atoms with van der Waals surface area (Å²) in [4.78, 5) is 3.67. The van der Waals surface area contributed by atoms with E-state index in [1.165, 1.54) is 15.3 Å². The van der Waals surface area contributed by atoms with Crippen LogP contribution in [0.3, 0.4) is 0 Å². The number of nitrogens with one attached hydrogen (secondary N) is 1. The van der Waals surface area contributed by atoms with Crippen molar-refractivity contribution >= 4 is 42.2 Å². The predicted octanol–water partition coefficient (Wildman–Crippen LogP) is 1.67. The Morgan fingerprint density at radius 1 is 1.89 bits per heavy atom. The molecule has 6 heteroatoms. The van der Waals surface area contributed by atoms with Gasteiger partial charge in [-0.25, -0.2) is 0 Å². The molecule has 0 radical (unpaired) electrons. The molecule has 0 aromatic carbocycles. The van der Waals surface area contributed by atoms with Crippen molar-refractivity contribution in [2.75, 3.05) is 10.5 Å². The van der Waals surface area contributed by atoms with Crippen molar-refractivity contribution in [3.8, 4) is 0 Å². The quantitative estimate of drug-likeness (QED) is 0.623. The largest absolute Gasteiger partial charge is 0.407 e. The van der Waals surface area contributed by atoms with Crippen LogP contribution >= 0.6 is 30.3 Å². The number of hydrogen-bond acceptors (Lipinski definition) is 5. The van der Waals surface area contributed by atoms with Gasteiger partial charge in [-0.15, -0.1) is 0 Å². The average Bonchev–Trinajstić information content (AvgIpc) is 2.17. The first kappa shape index (κ1) is 7.00. The molecule has 50 valence electrons. The molecule has 1 rings (SSSR count). The van der Waals surface area contributed by atoms with E-state index in [1.807, 2.05) is 0 Å². The number of hydrogen-bond donors (Lipinski definition) is 2. The third kappa shape index (κ3) is 1.94. The Balaban J connectivity index is 2.61. The number of nitrogens with zero attached hydrogens (tertiary/aromatic N) is 1. The van der Waals surface area contributed by atoms with Crippen LogP contribution in [0.4, 0.5) is 11.9 Å². The molecule has 1 heterocycles. The summed E-state index contributed by atoms with van der Waals surface area (Å²) in [5, 5.41) is 0. The fourth-order valence-electron chi connectivity index (χ4n) is 0.373. The van der Waals surface area contributed by atoms with Crippen molar-refractivity contribution < 1.29 is 4.42 Å². The first-order chi connectivity index (χ1) is 4.33. The van der Waals surface area contributed by atoms with Crippen molar-refractivity contribution in [3.05, 3.63) is 6.20 Å². The van der Waals surface area contributed by atoms with E-state index in [0.29, 0.717) is 5.88 Å². The maximum atomic E-state index is 5.18. The molecular weight excluding hydrogens is 253 g/mol. The highest BCUT2D eigenvalue weighted by molar-refractivity contribution is 14.2. The Morgan fingerprint density at radius 3 is 3.11 bits per heavy atom. The number of rotatable bonds is 2. The molecular formula is C3H4IN3OS. The summed E-state index contributed by atoms with van der Waals surface area (Å²) in [5.41, 5.74) is 5.18. The van der Waals surface area contributed by atoms with Crippen LogP contribution in [0.2, 0.25) is 0 Å². The normalized spacial score (nSPS) is 9.44. The summed E-state index contributed by atoms with van der Waals surface area (Å²) < 4.78 is 7.68. The van der Waals surface area contributed by atoms with Crippen LogP contribution in [0.1, 0.15) is 0 Å². The third-order valence-corrected chi connectivity index (χ3v) is 1.60. The minimum Gasteiger partial charge on any atom is -0.407 e. The fraction of sp³-hybridized carbons (Fsp3) is 0. The van der Waals surface area contributed by atoms with Crippen molar-refractivity contribution in [1.29, 1.82) is 0 Å². The lowest BCUT2D eigenvalue weighted by atomic mass is 10.9. The molecule has 0 amide bonds. The van der Waals surface area contributed by atoms with Crippen LogP contribution in [0.5, 0.6) is 0 Å². The van der Waals surface area contributed by atoms with Crippen LogP contribution in [-0.2, 0) is 0 Å². The molecule has 1 aromatic heterocycles. The molecule has 0 aliphatic carbocycles. The van der Waals surface area contributed by atoms with Crippen molar-refractivity contribution in [1.82, 2.24) is 4.98 Å². The van der Waals surface area contributed by atoms with E-state index in [1.54, 1.807) is 0 Å². The predicted molar refractivity (Wildman–Crippen MR) is 46.1 cm³/mol. The third-order valence-electron chi connectivity index (χ3n) is 0.663. The Morgan fingerprint density at radius 2 is 2.67 bits per heavy atom. The number of anilines is 2. The van der Waals surface area contributed by atoms with Gasteiger partial charge in [0.1, 0.15) is 0 Å². The van der Waals surface area contributed by atoms with Crippen molar-refractivity contribution in [2.45, 2.75) is 0 Å². The van der Waals surface area contributed by atoms with Crippen LogP contribution in [-0.4, -0.2) is 4.98 Å². The lowest BCUT2D eigenvalue weighted by molar-refractivity contribution is 0.600.